The van der Waals surface area contributed by atoms with Crippen molar-refractivity contribution in [3.63, 3.8) is 0 Å². The Morgan fingerprint density at radius 2 is 1.81 bits per heavy atom. The molecule has 0 amide bonds. The lowest BCUT2D eigenvalue weighted by Gasteiger charge is -2.27. The minimum Gasteiger partial charge on any atom is -0.486 e. The van der Waals surface area contributed by atoms with Gasteiger partial charge in [-0.25, -0.2) is 19.6 Å². The fourth-order valence-electron chi connectivity index (χ4n) is 4.16. The fraction of sp³-hybridized carbons (Fsp3) is 0.308. The predicted octanol–water partition coefficient (Wildman–Crippen LogP) is 4.92. The molecule has 1 atom stereocenters. The van der Waals surface area contributed by atoms with Crippen molar-refractivity contribution in [3.8, 4) is 0 Å². The van der Waals surface area contributed by atoms with Gasteiger partial charge in [0.15, 0.2) is 10.3 Å². The number of imidazole rings is 2. The van der Waals surface area contributed by atoms with E-state index < -0.39 is 17.5 Å². The van der Waals surface area contributed by atoms with Crippen molar-refractivity contribution in [1.82, 2.24) is 19.5 Å². The number of cyclic esters (lactones) is 1. The Bertz CT molecular complexity index is 1480. The zero-order valence-corrected chi connectivity index (χ0v) is 22.3. The molecule has 0 saturated carbocycles. The van der Waals surface area contributed by atoms with E-state index in [2.05, 4.69) is 9.97 Å². The van der Waals surface area contributed by atoms with Crippen LogP contribution in [0.15, 0.2) is 69.5 Å². The van der Waals surface area contributed by atoms with Crippen molar-refractivity contribution in [2.45, 2.75) is 43.2 Å². The smallest absolute Gasteiger partial charge is 0.376 e. The molecule has 1 aliphatic heterocycles. The number of nitrogens with zero attached hydrogens (tertiary/aromatic N) is 3. The van der Waals surface area contributed by atoms with E-state index >= 15 is 0 Å². The van der Waals surface area contributed by atoms with E-state index in [9.17, 15) is 9.59 Å². The summed E-state index contributed by atoms with van der Waals surface area (Å²) >= 11 is 2.47. The highest BCUT2D eigenvalue weighted by atomic mass is 32.2. The number of esters is 2. The van der Waals surface area contributed by atoms with E-state index in [4.69, 9.17) is 19.2 Å². The van der Waals surface area contributed by atoms with Gasteiger partial charge in [0.05, 0.1) is 45.9 Å². The number of aryl methyl sites for hydroxylation is 1. The van der Waals surface area contributed by atoms with Gasteiger partial charge in [0.25, 0.3) is 5.60 Å². The molecule has 4 aromatic rings. The Kier molecular flexibility index (Phi) is 7.16. The summed E-state index contributed by atoms with van der Waals surface area (Å²) in [7, 11) is 0. The predicted molar refractivity (Wildman–Crippen MR) is 142 cm³/mol. The van der Waals surface area contributed by atoms with Crippen LogP contribution < -0.4 is 0 Å². The number of aromatic nitrogens is 4. The zero-order chi connectivity index (χ0) is 26.0. The highest BCUT2D eigenvalue weighted by Gasteiger charge is 2.57. The molecule has 0 fully saturated rings. The van der Waals surface area contributed by atoms with Crippen molar-refractivity contribution in [2.24, 2.45) is 0 Å². The molecule has 1 unspecified atom stereocenters. The number of thioether (sulfide) groups is 2. The van der Waals surface area contributed by atoms with Crippen LogP contribution in [0.4, 0.5) is 0 Å². The van der Waals surface area contributed by atoms with Gasteiger partial charge in [0, 0.05) is 6.54 Å². The maximum Gasteiger partial charge on any atom is 0.376 e. The van der Waals surface area contributed by atoms with E-state index in [-0.39, 0.29) is 24.7 Å². The average Bonchev–Trinajstić information content (AvgIpc) is 3.56. The lowest BCUT2D eigenvalue weighted by atomic mass is 10.1. The molecule has 0 bridgehead atoms. The van der Waals surface area contributed by atoms with Gasteiger partial charge < -0.3 is 23.8 Å². The Labute approximate surface area is 222 Å². The van der Waals surface area contributed by atoms with Gasteiger partial charge >= 0.3 is 11.9 Å². The van der Waals surface area contributed by atoms with Crippen LogP contribution in [0.1, 0.15) is 20.8 Å². The summed E-state index contributed by atoms with van der Waals surface area (Å²) in [5.41, 5.74) is 1.72. The third-order valence-corrected chi connectivity index (χ3v) is 8.06. The van der Waals surface area contributed by atoms with Crippen LogP contribution >= 0.6 is 23.5 Å². The van der Waals surface area contributed by atoms with Gasteiger partial charge in [-0.2, -0.15) is 0 Å². The number of benzene rings is 2. The van der Waals surface area contributed by atoms with Gasteiger partial charge in [-0.15, -0.1) is 0 Å². The highest BCUT2D eigenvalue weighted by molar-refractivity contribution is 8.03. The number of rotatable bonds is 10. The van der Waals surface area contributed by atoms with Gasteiger partial charge in [-0.1, -0.05) is 36.0 Å². The first-order chi connectivity index (χ1) is 18.0. The second-order valence-electron chi connectivity index (χ2n) is 8.11. The maximum absolute atomic E-state index is 13.5. The van der Waals surface area contributed by atoms with Gasteiger partial charge in [-0.3, -0.25) is 0 Å². The highest BCUT2D eigenvalue weighted by Crippen LogP contribution is 2.47. The number of ether oxygens (including phenoxy) is 3. The SMILES string of the molecule is CCOC(=O)C1(CSc2nc3ccccc3[nH]2)OC(=O)C(OCC)=C1Sc1nc2ccccc2n1CC. The molecule has 37 heavy (non-hydrogen) atoms. The van der Waals surface area contributed by atoms with E-state index in [1.54, 1.807) is 13.8 Å². The number of aromatic amines is 1. The summed E-state index contributed by atoms with van der Waals surface area (Å²) in [6, 6.07) is 15.4. The van der Waals surface area contributed by atoms with Crippen LogP contribution in [0.5, 0.6) is 0 Å². The number of hydrogen-bond donors (Lipinski definition) is 1. The molecule has 9 nitrogen and oxygen atoms in total. The molecule has 0 saturated heterocycles. The molecule has 2 aromatic heterocycles. The Morgan fingerprint density at radius 1 is 1.05 bits per heavy atom. The first kappa shape index (κ1) is 25.2. The quantitative estimate of drug-likeness (QED) is 0.222. The summed E-state index contributed by atoms with van der Waals surface area (Å²) in [6.45, 7) is 6.51. The first-order valence-electron chi connectivity index (χ1n) is 12.0. The largest absolute Gasteiger partial charge is 0.486 e. The van der Waals surface area contributed by atoms with Crippen LogP contribution in [0, 0.1) is 0 Å². The third kappa shape index (κ3) is 4.57. The number of carbonyl (C=O) groups is 2. The number of nitrogens with one attached hydrogen (secondary N) is 1. The lowest BCUT2D eigenvalue weighted by molar-refractivity contribution is -0.170. The number of para-hydroxylation sites is 4. The van der Waals surface area contributed by atoms with E-state index in [1.807, 2.05) is 60.0 Å². The average molecular weight is 539 g/mol. The first-order valence-corrected chi connectivity index (χ1v) is 13.8. The van der Waals surface area contributed by atoms with Crippen LogP contribution in [0.25, 0.3) is 22.1 Å². The monoisotopic (exact) mass is 538 g/mol. The van der Waals surface area contributed by atoms with Gasteiger partial charge in [-0.05, 0) is 56.8 Å². The Hall–Kier alpha value is -3.44. The molecular weight excluding hydrogens is 512 g/mol. The lowest BCUT2D eigenvalue weighted by Crippen LogP contribution is -2.44. The number of H-pyrrole nitrogens is 1. The zero-order valence-electron chi connectivity index (χ0n) is 20.6. The summed E-state index contributed by atoms with van der Waals surface area (Å²) in [5, 5.41) is 1.22. The van der Waals surface area contributed by atoms with Gasteiger partial charge in [0.2, 0.25) is 5.76 Å². The Balaban J connectivity index is 1.58. The molecule has 11 heteroatoms. The van der Waals surface area contributed by atoms with E-state index in [1.165, 1.54) is 23.5 Å². The summed E-state index contributed by atoms with van der Waals surface area (Å²) in [5.74, 6) is -1.33. The van der Waals surface area contributed by atoms with Crippen LogP contribution in [-0.4, -0.2) is 56.0 Å². The minimum atomic E-state index is -1.72. The van der Waals surface area contributed by atoms with Crippen LogP contribution in [0.3, 0.4) is 0 Å². The molecule has 192 valence electrons. The third-order valence-electron chi connectivity index (χ3n) is 5.83. The topological polar surface area (TPSA) is 108 Å². The van der Waals surface area contributed by atoms with Gasteiger partial charge in [0.1, 0.15) is 0 Å². The molecule has 1 aliphatic rings. The maximum atomic E-state index is 13.5. The van der Waals surface area contributed by atoms with Crippen molar-refractivity contribution in [3.05, 3.63) is 59.2 Å². The molecule has 1 N–H and O–H groups in total. The molecule has 0 spiro atoms. The van der Waals surface area contributed by atoms with Crippen molar-refractivity contribution in [1.29, 1.82) is 0 Å². The molecular formula is C26H26N4O5S2. The van der Waals surface area contributed by atoms with E-state index in [0.29, 0.717) is 21.8 Å². The van der Waals surface area contributed by atoms with E-state index in [0.717, 1.165) is 22.1 Å². The van der Waals surface area contributed by atoms with Crippen molar-refractivity contribution >= 4 is 57.5 Å². The summed E-state index contributed by atoms with van der Waals surface area (Å²) < 4.78 is 19.0. The molecule has 3 heterocycles. The van der Waals surface area contributed by atoms with Crippen LogP contribution in [0.2, 0.25) is 0 Å². The molecule has 5 rings (SSSR count). The number of carbonyl (C=O) groups excluding carboxylic acids is 2. The number of hydrogen-bond acceptors (Lipinski definition) is 9. The molecule has 2 aromatic carbocycles. The molecule has 0 aliphatic carbocycles. The van der Waals surface area contributed by atoms with Crippen molar-refractivity contribution < 1.29 is 23.8 Å². The van der Waals surface area contributed by atoms with Crippen molar-refractivity contribution in [2.75, 3.05) is 19.0 Å². The fourth-order valence-corrected chi connectivity index (χ4v) is 6.52. The standard InChI is InChI=1S/C26H26N4O5S2/c1-4-30-19-14-10-9-13-18(19)29-25(30)37-21-20(33-5-2)22(31)35-26(21,23(32)34-6-3)15-36-24-27-16-11-7-8-12-17(16)28-24/h7-14H,4-6,15H2,1-3H3,(H,27,28). The number of fused-ring (bicyclic) bond motifs is 2. The minimum absolute atomic E-state index is 0.000434. The second-order valence-corrected chi connectivity index (χ2v) is 10.0. The Morgan fingerprint density at radius 3 is 2.54 bits per heavy atom. The molecule has 0 radical (unpaired) electrons. The normalized spacial score (nSPS) is 17.5. The summed E-state index contributed by atoms with van der Waals surface area (Å²) in [6.07, 6.45) is 0. The summed E-state index contributed by atoms with van der Waals surface area (Å²) in [4.78, 5) is 39.5. The second kappa shape index (κ2) is 10.5. The van der Waals surface area contributed by atoms with Crippen LogP contribution in [-0.2, 0) is 30.3 Å².